The Balaban J connectivity index is 1.61. The summed E-state index contributed by atoms with van der Waals surface area (Å²) in [7, 11) is 0. The Labute approximate surface area is 144 Å². The van der Waals surface area contributed by atoms with Gasteiger partial charge in [0.25, 0.3) is 5.91 Å². The largest absolute Gasteiger partial charge is 0.322 e. The average Bonchev–Trinajstić information content (AvgIpc) is 3.16. The Kier molecular flexibility index (Phi) is 3.70. The van der Waals surface area contributed by atoms with Gasteiger partial charge in [-0.25, -0.2) is 0 Å². The molecule has 122 valence electrons. The molecule has 4 rings (SSSR count). The lowest BCUT2D eigenvalue weighted by atomic mass is 10.1. The third kappa shape index (κ3) is 2.97. The van der Waals surface area contributed by atoms with Crippen LogP contribution in [0, 0.1) is 6.92 Å². The molecule has 6 heteroatoms. The standard InChI is InChI=1S/C19H15N5O/c1-13-5-6-14-3-2-4-17(18(14)22-13)19(25)23-15-7-9-16(10-8-15)24-11-20-21-12-24/h2-12H,1H3,(H,23,25). The highest BCUT2D eigenvalue weighted by Crippen LogP contribution is 2.19. The molecule has 0 bridgehead atoms. The van der Waals surface area contributed by atoms with Gasteiger partial charge in [0.1, 0.15) is 12.7 Å². The van der Waals surface area contributed by atoms with Crippen molar-refractivity contribution >= 4 is 22.5 Å². The first-order chi connectivity index (χ1) is 12.2. The molecule has 0 aliphatic carbocycles. The second-order valence-electron chi connectivity index (χ2n) is 5.70. The lowest BCUT2D eigenvalue weighted by Gasteiger charge is -2.09. The molecule has 1 N–H and O–H groups in total. The molecule has 4 aromatic rings. The maximum absolute atomic E-state index is 12.7. The van der Waals surface area contributed by atoms with Gasteiger partial charge < -0.3 is 5.32 Å². The summed E-state index contributed by atoms with van der Waals surface area (Å²) in [6.07, 6.45) is 3.25. The molecule has 0 unspecified atom stereocenters. The van der Waals surface area contributed by atoms with Crippen molar-refractivity contribution < 1.29 is 4.79 Å². The molecule has 2 aromatic heterocycles. The number of pyridine rings is 1. The van der Waals surface area contributed by atoms with E-state index in [-0.39, 0.29) is 5.91 Å². The second kappa shape index (κ2) is 6.16. The number of nitrogens with one attached hydrogen (secondary N) is 1. The number of rotatable bonds is 3. The van der Waals surface area contributed by atoms with E-state index in [9.17, 15) is 4.79 Å². The second-order valence-corrected chi connectivity index (χ2v) is 5.70. The number of aromatic nitrogens is 4. The first-order valence-corrected chi connectivity index (χ1v) is 7.83. The van der Waals surface area contributed by atoms with Gasteiger partial charge in [-0.05, 0) is 43.3 Å². The van der Waals surface area contributed by atoms with Crippen LogP contribution < -0.4 is 5.32 Å². The molecule has 25 heavy (non-hydrogen) atoms. The third-order valence-corrected chi connectivity index (χ3v) is 3.95. The van der Waals surface area contributed by atoms with E-state index < -0.39 is 0 Å². The highest BCUT2D eigenvalue weighted by atomic mass is 16.1. The predicted octanol–water partition coefficient (Wildman–Crippen LogP) is 3.38. The SMILES string of the molecule is Cc1ccc2cccc(C(=O)Nc3ccc(-n4cnnc4)cc3)c2n1. The number of benzene rings is 2. The number of hydrogen-bond donors (Lipinski definition) is 1. The van der Waals surface area contributed by atoms with E-state index in [0.29, 0.717) is 16.8 Å². The molecule has 0 spiro atoms. The summed E-state index contributed by atoms with van der Waals surface area (Å²) in [6.45, 7) is 1.91. The predicted molar refractivity (Wildman–Crippen MR) is 95.8 cm³/mol. The molecular formula is C19H15N5O. The van der Waals surface area contributed by atoms with E-state index in [4.69, 9.17) is 0 Å². The molecule has 2 heterocycles. The van der Waals surface area contributed by atoms with E-state index >= 15 is 0 Å². The minimum absolute atomic E-state index is 0.180. The highest BCUT2D eigenvalue weighted by molar-refractivity contribution is 6.11. The lowest BCUT2D eigenvalue weighted by molar-refractivity contribution is 0.102. The number of para-hydroxylation sites is 1. The molecule has 2 aromatic carbocycles. The van der Waals surface area contributed by atoms with Crippen LogP contribution in [-0.4, -0.2) is 25.7 Å². The summed E-state index contributed by atoms with van der Waals surface area (Å²) in [5, 5.41) is 11.4. The van der Waals surface area contributed by atoms with E-state index in [0.717, 1.165) is 16.8 Å². The highest BCUT2D eigenvalue weighted by Gasteiger charge is 2.11. The van der Waals surface area contributed by atoms with Crippen LogP contribution in [0.25, 0.3) is 16.6 Å². The van der Waals surface area contributed by atoms with Crippen molar-refractivity contribution in [3.8, 4) is 5.69 Å². The van der Waals surface area contributed by atoms with Crippen LogP contribution in [0.2, 0.25) is 0 Å². The molecule has 0 radical (unpaired) electrons. The maximum Gasteiger partial charge on any atom is 0.257 e. The molecule has 0 aliphatic rings. The van der Waals surface area contributed by atoms with Crippen molar-refractivity contribution in [1.82, 2.24) is 19.7 Å². The normalized spacial score (nSPS) is 10.8. The van der Waals surface area contributed by atoms with Gasteiger partial charge in [0, 0.05) is 22.5 Å². The quantitative estimate of drug-likeness (QED) is 0.625. The number of fused-ring (bicyclic) bond motifs is 1. The molecule has 0 fully saturated rings. The van der Waals surface area contributed by atoms with Crippen LogP contribution in [0.5, 0.6) is 0 Å². The fourth-order valence-corrected chi connectivity index (χ4v) is 2.68. The number of nitrogens with zero attached hydrogens (tertiary/aromatic N) is 4. The van der Waals surface area contributed by atoms with Crippen molar-refractivity contribution in [2.24, 2.45) is 0 Å². The monoisotopic (exact) mass is 329 g/mol. The zero-order valence-corrected chi connectivity index (χ0v) is 13.5. The van der Waals surface area contributed by atoms with Crippen molar-refractivity contribution in [3.05, 3.63) is 78.5 Å². The summed E-state index contributed by atoms with van der Waals surface area (Å²) < 4.78 is 1.79. The molecular weight excluding hydrogens is 314 g/mol. The number of amides is 1. The van der Waals surface area contributed by atoms with Crippen LogP contribution in [0.1, 0.15) is 16.1 Å². The Hall–Kier alpha value is -3.54. The fraction of sp³-hybridized carbons (Fsp3) is 0.0526. The van der Waals surface area contributed by atoms with Gasteiger partial charge in [-0.1, -0.05) is 18.2 Å². The number of carbonyl (C=O) groups is 1. The van der Waals surface area contributed by atoms with Crippen LogP contribution in [0.3, 0.4) is 0 Å². The molecule has 0 atom stereocenters. The van der Waals surface area contributed by atoms with Gasteiger partial charge in [0.05, 0.1) is 11.1 Å². The molecule has 0 saturated carbocycles. The van der Waals surface area contributed by atoms with Gasteiger partial charge in [0.2, 0.25) is 0 Å². The Morgan fingerprint density at radius 2 is 1.72 bits per heavy atom. The minimum Gasteiger partial charge on any atom is -0.322 e. The van der Waals surface area contributed by atoms with E-state index in [1.807, 2.05) is 55.5 Å². The smallest absolute Gasteiger partial charge is 0.257 e. The summed E-state index contributed by atoms with van der Waals surface area (Å²) in [6, 6.07) is 17.0. The Morgan fingerprint density at radius 3 is 2.48 bits per heavy atom. The van der Waals surface area contributed by atoms with Crippen molar-refractivity contribution in [1.29, 1.82) is 0 Å². The molecule has 1 amide bonds. The molecule has 0 saturated heterocycles. The number of anilines is 1. The van der Waals surface area contributed by atoms with Crippen molar-refractivity contribution in [2.45, 2.75) is 6.92 Å². The zero-order valence-electron chi connectivity index (χ0n) is 13.5. The first-order valence-electron chi connectivity index (χ1n) is 7.83. The zero-order chi connectivity index (χ0) is 17.2. The van der Waals surface area contributed by atoms with E-state index in [1.54, 1.807) is 23.3 Å². The van der Waals surface area contributed by atoms with Gasteiger partial charge in [-0.3, -0.25) is 14.3 Å². The van der Waals surface area contributed by atoms with Crippen LogP contribution in [0.15, 0.2) is 67.3 Å². The van der Waals surface area contributed by atoms with Crippen molar-refractivity contribution in [2.75, 3.05) is 5.32 Å². The first kappa shape index (κ1) is 15.0. The lowest BCUT2D eigenvalue weighted by Crippen LogP contribution is -2.13. The maximum atomic E-state index is 12.7. The number of hydrogen-bond acceptors (Lipinski definition) is 4. The Morgan fingerprint density at radius 1 is 0.960 bits per heavy atom. The summed E-state index contributed by atoms with van der Waals surface area (Å²) in [4.78, 5) is 17.2. The fourth-order valence-electron chi connectivity index (χ4n) is 2.68. The van der Waals surface area contributed by atoms with E-state index in [2.05, 4.69) is 20.5 Å². The average molecular weight is 329 g/mol. The topological polar surface area (TPSA) is 72.7 Å². The van der Waals surface area contributed by atoms with Gasteiger partial charge in [0.15, 0.2) is 0 Å². The summed E-state index contributed by atoms with van der Waals surface area (Å²) in [5.41, 5.74) is 3.79. The molecule has 6 nitrogen and oxygen atoms in total. The van der Waals surface area contributed by atoms with Gasteiger partial charge >= 0.3 is 0 Å². The third-order valence-electron chi connectivity index (χ3n) is 3.95. The molecule has 0 aliphatic heterocycles. The van der Waals surface area contributed by atoms with Crippen LogP contribution >= 0.6 is 0 Å². The Bertz CT molecular complexity index is 1040. The minimum atomic E-state index is -0.180. The number of aryl methyl sites for hydroxylation is 1. The van der Waals surface area contributed by atoms with Gasteiger partial charge in [-0.15, -0.1) is 10.2 Å². The number of carbonyl (C=O) groups excluding carboxylic acids is 1. The van der Waals surface area contributed by atoms with Crippen LogP contribution in [-0.2, 0) is 0 Å². The van der Waals surface area contributed by atoms with Crippen LogP contribution in [0.4, 0.5) is 5.69 Å². The van der Waals surface area contributed by atoms with E-state index in [1.165, 1.54) is 0 Å². The summed E-state index contributed by atoms with van der Waals surface area (Å²) in [5.74, 6) is -0.180. The van der Waals surface area contributed by atoms with Crippen molar-refractivity contribution in [3.63, 3.8) is 0 Å². The summed E-state index contributed by atoms with van der Waals surface area (Å²) >= 11 is 0. The van der Waals surface area contributed by atoms with Gasteiger partial charge in [-0.2, -0.15) is 0 Å².